The van der Waals surface area contributed by atoms with E-state index in [0.717, 1.165) is 15.6 Å². The summed E-state index contributed by atoms with van der Waals surface area (Å²) in [5.41, 5.74) is 0.917. The lowest BCUT2D eigenvalue weighted by atomic mass is 9.63. The first-order valence-corrected chi connectivity index (χ1v) is 9.46. The summed E-state index contributed by atoms with van der Waals surface area (Å²) in [4.78, 5) is 1.44. The highest BCUT2D eigenvalue weighted by Gasteiger charge is 2.38. The van der Waals surface area contributed by atoms with Crippen molar-refractivity contribution in [3.63, 3.8) is 0 Å². The van der Waals surface area contributed by atoms with E-state index < -0.39 is 0 Å². The Morgan fingerprint density at radius 3 is 2.37 bits per heavy atom. The second kappa shape index (κ2) is 6.07. The first kappa shape index (κ1) is 15.9. The van der Waals surface area contributed by atoms with Gasteiger partial charge in [0.05, 0.1) is 4.34 Å². The molecule has 2 rings (SSSR count). The Hall–Kier alpha value is 0.470. The maximum Gasteiger partial charge on any atom is 0.0931 e. The lowest BCUT2D eigenvalue weighted by Crippen LogP contribution is -2.35. The molecule has 0 N–H and O–H groups in total. The van der Waals surface area contributed by atoms with Crippen LogP contribution in [0.25, 0.3) is 0 Å². The minimum absolute atomic E-state index is 0.454. The molecule has 0 saturated heterocycles. The van der Waals surface area contributed by atoms with E-state index in [1.54, 1.807) is 11.3 Å². The third-order valence-corrected chi connectivity index (χ3v) is 7.15. The summed E-state index contributed by atoms with van der Waals surface area (Å²) in [5, 5.41) is 1.12. The van der Waals surface area contributed by atoms with Crippen molar-refractivity contribution in [1.29, 1.82) is 0 Å². The number of rotatable bonds is 3. The average Bonchev–Trinajstić information content (AvgIpc) is 2.74. The molecule has 0 bridgehead atoms. The standard InChI is InChI=1S/C16H24BrClS/c1-15(2,3)12-6-8-16(11-17,9-7-12)10-13-4-5-14(18)19-13/h4-5,12H,6-11H2,1-3H3. The molecule has 1 saturated carbocycles. The van der Waals surface area contributed by atoms with E-state index in [2.05, 4.69) is 42.8 Å². The topological polar surface area (TPSA) is 0 Å². The fourth-order valence-corrected chi connectivity index (χ4v) is 5.29. The third-order valence-electron chi connectivity index (χ3n) is 4.73. The lowest BCUT2D eigenvalue weighted by Gasteiger charge is -2.43. The van der Waals surface area contributed by atoms with Crippen LogP contribution in [0.2, 0.25) is 4.34 Å². The van der Waals surface area contributed by atoms with Crippen LogP contribution >= 0.6 is 38.9 Å². The highest BCUT2D eigenvalue weighted by molar-refractivity contribution is 9.09. The van der Waals surface area contributed by atoms with E-state index in [1.165, 1.54) is 37.0 Å². The van der Waals surface area contributed by atoms with Crippen molar-refractivity contribution in [3.05, 3.63) is 21.3 Å². The van der Waals surface area contributed by atoms with Crippen LogP contribution in [0.4, 0.5) is 0 Å². The van der Waals surface area contributed by atoms with Crippen molar-refractivity contribution in [1.82, 2.24) is 0 Å². The zero-order valence-corrected chi connectivity index (χ0v) is 15.3. The Morgan fingerprint density at radius 1 is 1.32 bits per heavy atom. The summed E-state index contributed by atoms with van der Waals surface area (Å²) in [6, 6.07) is 4.23. The highest BCUT2D eigenvalue weighted by Crippen LogP contribution is 2.48. The van der Waals surface area contributed by atoms with Crippen molar-refractivity contribution in [2.45, 2.75) is 52.9 Å². The molecule has 0 aromatic carbocycles. The van der Waals surface area contributed by atoms with Gasteiger partial charge in [-0.3, -0.25) is 0 Å². The normalized spacial score (nSPS) is 28.6. The van der Waals surface area contributed by atoms with E-state index in [4.69, 9.17) is 11.6 Å². The molecular formula is C16H24BrClS. The van der Waals surface area contributed by atoms with Crippen LogP contribution in [-0.4, -0.2) is 5.33 Å². The number of alkyl halides is 1. The van der Waals surface area contributed by atoms with E-state index >= 15 is 0 Å². The minimum atomic E-state index is 0.454. The molecule has 1 aromatic rings. The van der Waals surface area contributed by atoms with Gasteiger partial charge in [0, 0.05) is 10.2 Å². The fourth-order valence-electron chi connectivity index (χ4n) is 3.27. The molecule has 0 aliphatic heterocycles. The molecule has 3 heteroatoms. The molecule has 1 aliphatic carbocycles. The summed E-state index contributed by atoms with van der Waals surface area (Å²) in [6.45, 7) is 7.16. The van der Waals surface area contributed by atoms with Gasteiger partial charge < -0.3 is 0 Å². The fraction of sp³-hybridized carbons (Fsp3) is 0.750. The summed E-state index contributed by atoms with van der Waals surface area (Å²) in [6.07, 6.45) is 6.61. The van der Waals surface area contributed by atoms with Gasteiger partial charge in [-0.05, 0) is 61.0 Å². The Balaban J connectivity index is 2.02. The summed E-state index contributed by atoms with van der Waals surface area (Å²) < 4.78 is 0.920. The molecule has 1 aliphatic rings. The summed E-state index contributed by atoms with van der Waals surface area (Å²) in [5.74, 6) is 0.881. The predicted molar refractivity (Wildman–Crippen MR) is 90.7 cm³/mol. The van der Waals surface area contributed by atoms with Crippen LogP contribution in [0.15, 0.2) is 12.1 Å². The predicted octanol–water partition coefficient (Wildman–Crippen LogP) is 6.56. The molecule has 0 atom stereocenters. The SMILES string of the molecule is CC(C)(C)C1CCC(CBr)(Cc2ccc(Cl)s2)CC1. The maximum atomic E-state index is 6.06. The highest BCUT2D eigenvalue weighted by atomic mass is 79.9. The van der Waals surface area contributed by atoms with E-state index in [1.807, 2.05) is 6.07 Å². The molecule has 0 amide bonds. The molecular weight excluding hydrogens is 340 g/mol. The van der Waals surface area contributed by atoms with Crippen LogP contribution in [0.5, 0.6) is 0 Å². The molecule has 0 radical (unpaired) electrons. The second-order valence-corrected chi connectivity index (χ2v) is 9.52. The van der Waals surface area contributed by atoms with Gasteiger partial charge in [0.25, 0.3) is 0 Å². The molecule has 0 spiro atoms. The second-order valence-electron chi connectivity index (χ2n) is 7.16. The van der Waals surface area contributed by atoms with Gasteiger partial charge in [0.2, 0.25) is 0 Å². The van der Waals surface area contributed by atoms with Crippen molar-refractivity contribution in [3.8, 4) is 0 Å². The summed E-state index contributed by atoms with van der Waals surface area (Å²) >= 11 is 11.6. The molecule has 108 valence electrons. The van der Waals surface area contributed by atoms with Crippen LogP contribution in [0, 0.1) is 16.7 Å². The molecule has 0 nitrogen and oxygen atoms in total. The number of hydrogen-bond acceptors (Lipinski definition) is 1. The van der Waals surface area contributed by atoms with Gasteiger partial charge >= 0.3 is 0 Å². The van der Waals surface area contributed by atoms with E-state index in [9.17, 15) is 0 Å². The Labute approximate surface area is 135 Å². The monoisotopic (exact) mass is 362 g/mol. The van der Waals surface area contributed by atoms with Crippen molar-refractivity contribution >= 4 is 38.9 Å². The van der Waals surface area contributed by atoms with Crippen LogP contribution < -0.4 is 0 Å². The van der Waals surface area contributed by atoms with Gasteiger partial charge in [-0.25, -0.2) is 0 Å². The maximum absolute atomic E-state index is 6.06. The lowest BCUT2D eigenvalue weighted by molar-refractivity contribution is 0.104. The van der Waals surface area contributed by atoms with Gasteiger partial charge in [-0.15, -0.1) is 11.3 Å². The van der Waals surface area contributed by atoms with Crippen molar-refractivity contribution < 1.29 is 0 Å². The van der Waals surface area contributed by atoms with E-state index in [0.29, 0.717) is 10.8 Å². The van der Waals surface area contributed by atoms with Crippen molar-refractivity contribution in [2.24, 2.45) is 16.7 Å². The molecule has 1 heterocycles. The number of halogens is 2. The average molecular weight is 364 g/mol. The Morgan fingerprint density at radius 2 is 1.95 bits per heavy atom. The Kier molecular flexibility index (Phi) is 5.07. The van der Waals surface area contributed by atoms with Gasteiger partial charge in [-0.1, -0.05) is 48.3 Å². The van der Waals surface area contributed by atoms with Crippen molar-refractivity contribution in [2.75, 3.05) is 5.33 Å². The van der Waals surface area contributed by atoms with Crippen LogP contribution in [-0.2, 0) is 6.42 Å². The first-order valence-electron chi connectivity index (χ1n) is 7.15. The number of thiophene rings is 1. The first-order chi connectivity index (χ1) is 8.85. The van der Waals surface area contributed by atoms with E-state index in [-0.39, 0.29) is 0 Å². The molecule has 0 unspecified atom stereocenters. The summed E-state index contributed by atoms with van der Waals surface area (Å²) in [7, 11) is 0. The zero-order chi connectivity index (χ0) is 14.1. The number of hydrogen-bond donors (Lipinski definition) is 0. The van der Waals surface area contributed by atoms with Crippen LogP contribution in [0.3, 0.4) is 0 Å². The van der Waals surface area contributed by atoms with Gasteiger partial charge in [0.15, 0.2) is 0 Å². The zero-order valence-electron chi connectivity index (χ0n) is 12.1. The smallest absolute Gasteiger partial charge is 0.0931 e. The minimum Gasteiger partial charge on any atom is -0.128 e. The molecule has 1 fully saturated rings. The largest absolute Gasteiger partial charge is 0.128 e. The molecule has 1 aromatic heterocycles. The quantitative estimate of drug-likeness (QED) is 0.533. The van der Waals surface area contributed by atoms with Gasteiger partial charge in [0.1, 0.15) is 0 Å². The Bertz CT molecular complexity index is 411. The molecule has 19 heavy (non-hydrogen) atoms. The van der Waals surface area contributed by atoms with Crippen LogP contribution in [0.1, 0.15) is 51.3 Å². The van der Waals surface area contributed by atoms with Gasteiger partial charge in [-0.2, -0.15) is 0 Å². The third kappa shape index (κ3) is 3.98.